The van der Waals surface area contributed by atoms with Crippen LogP contribution in [0.2, 0.25) is 0 Å². The number of fused-ring (bicyclic) bond motifs is 1. The van der Waals surface area contributed by atoms with E-state index in [9.17, 15) is 0 Å². The number of hydrogen-bond acceptors (Lipinski definition) is 4. The fraction of sp³-hybridized carbons (Fsp3) is 0.167. The summed E-state index contributed by atoms with van der Waals surface area (Å²) in [4.78, 5) is 4.60. The number of para-hydroxylation sites is 1. The average molecular weight is 294 g/mol. The summed E-state index contributed by atoms with van der Waals surface area (Å²) in [5, 5.41) is 4.47. The third kappa shape index (κ3) is 2.96. The van der Waals surface area contributed by atoms with E-state index in [2.05, 4.69) is 22.4 Å². The van der Waals surface area contributed by atoms with Crippen molar-refractivity contribution in [3.8, 4) is 11.5 Å². The van der Waals surface area contributed by atoms with Crippen LogP contribution in [0.4, 0.5) is 5.82 Å². The Balaban J connectivity index is 1.76. The Hall–Kier alpha value is -2.75. The Labute approximate surface area is 129 Å². The first-order chi connectivity index (χ1) is 10.8. The zero-order valence-electron chi connectivity index (χ0n) is 12.7. The number of nitrogens with one attached hydrogen (secondary N) is 1. The SMILES string of the molecule is COc1ccc(CNc2ccc3ccccc3n2)cc1OC. The molecule has 0 atom stereocenters. The number of hydrogen-bond donors (Lipinski definition) is 1. The molecule has 112 valence electrons. The molecule has 1 heterocycles. The predicted octanol–water partition coefficient (Wildman–Crippen LogP) is 3.86. The minimum Gasteiger partial charge on any atom is -0.493 e. The van der Waals surface area contributed by atoms with E-state index in [0.29, 0.717) is 6.54 Å². The third-order valence-electron chi connectivity index (χ3n) is 3.52. The highest BCUT2D eigenvalue weighted by Gasteiger charge is 2.05. The first kappa shape index (κ1) is 14.2. The molecular formula is C18H18N2O2. The van der Waals surface area contributed by atoms with Crippen LogP contribution in [0.15, 0.2) is 54.6 Å². The van der Waals surface area contributed by atoms with Crippen molar-refractivity contribution >= 4 is 16.7 Å². The van der Waals surface area contributed by atoms with Crippen LogP contribution in [0.5, 0.6) is 11.5 Å². The predicted molar refractivity (Wildman–Crippen MR) is 88.6 cm³/mol. The van der Waals surface area contributed by atoms with E-state index in [1.165, 1.54) is 0 Å². The topological polar surface area (TPSA) is 43.4 Å². The van der Waals surface area contributed by atoms with Crippen molar-refractivity contribution in [3.05, 3.63) is 60.2 Å². The van der Waals surface area contributed by atoms with Crippen LogP contribution in [0, 0.1) is 0 Å². The van der Waals surface area contributed by atoms with Crippen molar-refractivity contribution in [1.29, 1.82) is 0 Å². The molecule has 1 aromatic heterocycles. The van der Waals surface area contributed by atoms with E-state index in [1.54, 1.807) is 14.2 Å². The van der Waals surface area contributed by atoms with Gasteiger partial charge in [0.15, 0.2) is 11.5 Å². The van der Waals surface area contributed by atoms with Crippen molar-refractivity contribution in [2.24, 2.45) is 0 Å². The molecule has 3 aromatic rings. The molecule has 4 nitrogen and oxygen atoms in total. The zero-order chi connectivity index (χ0) is 15.4. The average Bonchev–Trinajstić information content (AvgIpc) is 2.59. The Morgan fingerprint density at radius 2 is 1.73 bits per heavy atom. The van der Waals surface area contributed by atoms with E-state index in [-0.39, 0.29) is 0 Å². The summed E-state index contributed by atoms with van der Waals surface area (Å²) in [5.41, 5.74) is 2.09. The lowest BCUT2D eigenvalue weighted by Gasteiger charge is -2.11. The molecule has 0 fully saturated rings. The number of methoxy groups -OCH3 is 2. The third-order valence-corrected chi connectivity index (χ3v) is 3.52. The molecular weight excluding hydrogens is 276 g/mol. The van der Waals surface area contributed by atoms with Gasteiger partial charge in [-0.15, -0.1) is 0 Å². The van der Waals surface area contributed by atoms with Gasteiger partial charge in [0.2, 0.25) is 0 Å². The van der Waals surface area contributed by atoms with Gasteiger partial charge in [-0.05, 0) is 35.9 Å². The standard InChI is InChI=1S/C18H18N2O2/c1-21-16-9-7-13(11-17(16)22-2)12-19-18-10-8-14-5-3-4-6-15(14)20-18/h3-11H,12H2,1-2H3,(H,19,20). The summed E-state index contributed by atoms with van der Waals surface area (Å²) in [6.07, 6.45) is 0. The van der Waals surface area contributed by atoms with Crippen LogP contribution in [-0.2, 0) is 6.54 Å². The minimum absolute atomic E-state index is 0.672. The molecule has 0 spiro atoms. The van der Waals surface area contributed by atoms with E-state index < -0.39 is 0 Å². The molecule has 1 N–H and O–H groups in total. The lowest BCUT2D eigenvalue weighted by molar-refractivity contribution is 0.354. The van der Waals surface area contributed by atoms with Crippen LogP contribution in [0.1, 0.15) is 5.56 Å². The fourth-order valence-electron chi connectivity index (χ4n) is 2.35. The monoisotopic (exact) mass is 294 g/mol. The van der Waals surface area contributed by atoms with Crippen LogP contribution < -0.4 is 14.8 Å². The maximum absolute atomic E-state index is 5.32. The summed E-state index contributed by atoms with van der Waals surface area (Å²) < 4.78 is 10.6. The molecule has 2 aromatic carbocycles. The second-order valence-electron chi connectivity index (χ2n) is 4.93. The fourth-order valence-corrected chi connectivity index (χ4v) is 2.35. The second-order valence-corrected chi connectivity index (χ2v) is 4.93. The highest BCUT2D eigenvalue weighted by atomic mass is 16.5. The van der Waals surface area contributed by atoms with Crippen molar-refractivity contribution < 1.29 is 9.47 Å². The van der Waals surface area contributed by atoms with Crippen LogP contribution >= 0.6 is 0 Å². The normalized spacial score (nSPS) is 10.5. The number of anilines is 1. The van der Waals surface area contributed by atoms with Crippen molar-refractivity contribution in [2.75, 3.05) is 19.5 Å². The number of ether oxygens (including phenoxy) is 2. The van der Waals surface area contributed by atoms with Crippen LogP contribution in [0.3, 0.4) is 0 Å². The quantitative estimate of drug-likeness (QED) is 0.776. The molecule has 0 saturated heterocycles. The largest absolute Gasteiger partial charge is 0.493 e. The Morgan fingerprint density at radius 3 is 2.55 bits per heavy atom. The van der Waals surface area contributed by atoms with Gasteiger partial charge in [-0.2, -0.15) is 0 Å². The van der Waals surface area contributed by atoms with Crippen molar-refractivity contribution in [3.63, 3.8) is 0 Å². The van der Waals surface area contributed by atoms with Crippen molar-refractivity contribution in [2.45, 2.75) is 6.54 Å². The van der Waals surface area contributed by atoms with Gasteiger partial charge < -0.3 is 14.8 Å². The second kappa shape index (κ2) is 6.35. The summed E-state index contributed by atoms with van der Waals surface area (Å²) in [5.74, 6) is 2.32. The summed E-state index contributed by atoms with van der Waals surface area (Å²) in [6, 6.07) is 18.0. The van der Waals surface area contributed by atoms with Gasteiger partial charge in [0, 0.05) is 11.9 Å². The smallest absolute Gasteiger partial charge is 0.161 e. The van der Waals surface area contributed by atoms with Crippen LogP contribution in [0.25, 0.3) is 10.9 Å². The summed E-state index contributed by atoms with van der Waals surface area (Å²) in [6.45, 7) is 0.672. The highest BCUT2D eigenvalue weighted by Crippen LogP contribution is 2.27. The number of nitrogens with zero attached hydrogens (tertiary/aromatic N) is 1. The highest BCUT2D eigenvalue weighted by molar-refractivity contribution is 5.80. The molecule has 0 saturated carbocycles. The number of pyridine rings is 1. The summed E-state index contributed by atoms with van der Waals surface area (Å²) in [7, 11) is 3.27. The van der Waals surface area contributed by atoms with Gasteiger partial charge in [0.1, 0.15) is 5.82 Å². The van der Waals surface area contributed by atoms with Crippen LogP contribution in [-0.4, -0.2) is 19.2 Å². The van der Waals surface area contributed by atoms with E-state index in [0.717, 1.165) is 33.8 Å². The molecule has 0 unspecified atom stereocenters. The molecule has 3 rings (SSSR count). The molecule has 0 bridgehead atoms. The molecule has 4 heteroatoms. The van der Waals surface area contributed by atoms with Gasteiger partial charge in [0.05, 0.1) is 19.7 Å². The number of aromatic nitrogens is 1. The number of benzene rings is 2. The maximum Gasteiger partial charge on any atom is 0.161 e. The summed E-state index contributed by atoms with van der Waals surface area (Å²) >= 11 is 0. The molecule has 0 aliphatic heterocycles. The molecule has 0 aliphatic rings. The molecule has 0 amide bonds. The van der Waals surface area contributed by atoms with Gasteiger partial charge >= 0.3 is 0 Å². The first-order valence-electron chi connectivity index (χ1n) is 7.11. The Bertz CT molecular complexity index is 787. The van der Waals surface area contributed by atoms with Gasteiger partial charge in [-0.25, -0.2) is 4.98 Å². The van der Waals surface area contributed by atoms with Crippen molar-refractivity contribution in [1.82, 2.24) is 4.98 Å². The van der Waals surface area contributed by atoms with Gasteiger partial charge in [0.25, 0.3) is 0 Å². The maximum atomic E-state index is 5.32. The molecule has 0 aliphatic carbocycles. The minimum atomic E-state index is 0.672. The zero-order valence-corrected chi connectivity index (χ0v) is 12.7. The molecule has 0 radical (unpaired) electrons. The lowest BCUT2D eigenvalue weighted by Crippen LogP contribution is -2.02. The van der Waals surface area contributed by atoms with E-state index in [1.807, 2.05) is 42.5 Å². The molecule has 22 heavy (non-hydrogen) atoms. The Morgan fingerprint density at radius 1 is 0.909 bits per heavy atom. The van der Waals surface area contributed by atoms with Gasteiger partial charge in [-0.3, -0.25) is 0 Å². The van der Waals surface area contributed by atoms with E-state index >= 15 is 0 Å². The lowest BCUT2D eigenvalue weighted by atomic mass is 10.2. The first-order valence-corrected chi connectivity index (χ1v) is 7.11. The Kier molecular flexibility index (Phi) is 4.10. The van der Waals surface area contributed by atoms with E-state index in [4.69, 9.17) is 9.47 Å². The van der Waals surface area contributed by atoms with Gasteiger partial charge in [-0.1, -0.05) is 24.3 Å². The number of rotatable bonds is 5.